The Morgan fingerprint density at radius 3 is 2.84 bits per heavy atom. The van der Waals surface area contributed by atoms with E-state index in [9.17, 15) is 0 Å². The number of aromatic nitrogens is 1. The summed E-state index contributed by atoms with van der Waals surface area (Å²) in [5.74, 6) is 0.243. The highest BCUT2D eigenvalue weighted by Crippen LogP contribution is 2.28. The Balaban J connectivity index is 0.000000297. The summed E-state index contributed by atoms with van der Waals surface area (Å²) in [7, 11) is 0. The van der Waals surface area contributed by atoms with Gasteiger partial charge in [-0.25, -0.2) is 4.98 Å². The molecule has 5 nitrogen and oxygen atoms in total. The van der Waals surface area contributed by atoms with Crippen molar-refractivity contribution in [3.05, 3.63) is 23.2 Å². The molecule has 19 heavy (non-hydrogen) atoms. The number of nitrogen functional groups attached to an aromatic ring is 1. The number of thiazole rings is 1. The van der Waals surface area contributed by atoms with Crippen LogP contribution in [0.4, 0.5) is 5.69 Å². The van der Waals surface area contributed by atoms with Crippen LogP contribution in [0.15, 0.2) is 23.2 Å². The van der Waals surface area contributed by atoms with Gasteiger partial charge in [-0.15, -0.1) is 23.1 Å². The van der Waals surface area contributed by atoms with E-state index in [1.165, 1.54) is 0 Å². The van der Waals surface area contributed by atoms with Crippen LogP contribution in [0, 0.1) is 0 Å². The van der Waals surface area contributed by atoms with Crippen LogP contribution < -0.4 is 5.73 Å². The maximum Gasteiger partial charge on any atom is 0.300 e. The minimum absolute atomic E-state index is 0.790. The number of carbonyl (C=O) groups is 1. The first-order chi connectivity index (χ1) is 9.06. The SMILES string of the molecule is CC(=O)O.Nc1ccc2nc(C3=NCCS3)sc2c1. The molecular formula is C12H13N3O2S2. The van der Waals surface area contributed by atoms with E-state index in [1.807, 2.05) is 18.2 Å². The zero-order valence-corrected chi connectivity index (χ0v) is 11.9. The number of carboxylic acids is 1. The number of nitrogens with zero attached hydrogens (tertiary/aromatic N) is 2. The summed E-state index contributed by atoms with van der Waals surface area (Å²) >= 11 is 3.45. The van der Waals surface area contributed by atoms with Crippen LogP contribution in [0.25, 0.3) is 10.2 Å². The maximum absolute atomic E-state index is 9.00. The second kappa shape index (κ2) is 6.03. The molecule has 0 saturated carbocycles. The largest absolute Gasteiger partial charge is 0.481 e. The van der Waals surface area contributed by atoms with Gasteiger partial charge in [-0.3, -0.25) is 9.79 Å². The number of rotatable bonds is 1. The highest BCUT2D eigenvalue weighted by atomic mass is 32.2. The molecule has 0 atom stereocenters. The first-order valence-electron chi connectivity index (χ1n) is 5.59. The van der Waals surface area contributed by atoms with Gasteiger partial charge >= 0.3 is 0 Å². The van der Waals surface area contributed by atoms with Crippen molar-refractivity contribution in [2.24, 2.45) is 4.99 Å². The zero-order valence-electron chi connectivity index (χ0n) is 10.3. The van der Waals surface area contributed by atoms with Crippen molar-refractivity contribution >= 4 is 50.0 Å². The lowest BCUT2D eigenvalue weighted by atomic mass is 10.3. The predicted octanol–water partition coefficient (Wildman–Crippen LogP) is 2.46. The van der Waals surface area contributed by atoms with Gasteiger partial charge in [-0.05, 0) is 18.2 Å². The molecule has 1 aromatic carbocycles. The molecule has 3 N–H and O–H groups in total. The molecule has 1 aromatic heterocycles. The fourth-order valence-electron chi connectivity index (χ4n) is 1.50. The number of hydrogen-bond acceptors (Lipinski definition) is 6. The molecule has 0 saturated heterocycles. The van der Waals surface area contributed by atoms with Gasteiger partial charge in [0.25, 0.3) is 5.97 Å². The minimum Gasteiger partial charge on any atom is -0.481 e. The molecule has 0 aliphatic carbocycles. The number of fused-ring (bicyclic) bond motifs is 1. The number of carboxylic acid groups (broad SMARTS) is 1. The summed E-state index contributed by atoms with van der Waals surface area (Å²) in [4.78, 5) is 18.0. The molecule has 0 fully saturated rings. The molecular weight excluding hydrogens is 282 g/mol. The fraction of sp³-hybridized carbons (Fsp3) is 0.250. The van der Waals surface area contributed by atoms with Crippen LogP contribution in [0.5, 0.6) is 0 Å². The van der Waals surface area contributed by atoms with E-state index < -0.39 is 5.97 Å². The normalized spacial score (nSPS) is 13.8. The van der Waals surface area contributed by atoms with Crippen LogP contribution in [0.1, 0.15) is 11.9 Å². The molecule has 0 unspecified atom stereocenters. The Hall–Kier alpha value is -1.60. The number of anilines is 1. The smallest absolute Gasteiger partial charge is 0.300 e. The van der Waals surface area contributed by atoms with Crippen molar-refractivity contribution in [3.63, 3.8) is 0 Å². The van der Waals surface area contributed by atoms with Crippen LogP contribution >= 0.6 is 23.1 Å². The van der Waals surface area contributed by atoms with E-state index in [4.69, 9.17) is 15.6 Å². The monoisotopic (exact) mass is 295 g/mol. The van der Waals surface area contributed by atoms with E-state index in [0.29, 0.717) is 0 Å². The third-order valence-electron chi connectivity index (χ3n) is 2.18. The van der Waals surface area contributed by atoms with E-state index in [1.54, 1.807) is 23.1 Å². The van der Waals surface area contributed by atoms with Gasteiger partial charge in [0.2, 0.25) is 0 Å². The van der Waals surface area contributed by atoms with Gasteiger partial charge in [-0.1, -0.05) is 0 Å². The minimum atomic E-state index is -0.833. The van der Waals surface area contributed by atoms with Gasteiger partial charge in [0.1, 0.15) is 10.1 Å². The van der Waals surface area contributed by atoms with Crippen molar-refractivity contribution in [2.45, 2.75) is 6.92 Å². The molecule has 1 aliphatic heterocycles. The van der Waals surface area contributed by atoms with Crippen LogP contribution in [0.2, 0.25) is 0 Å². The molecule has 1 aliphatic rings. The second-order valence-corrected chi connectivity index (χ2v) is 5.91. The van der Waals surface area contributed by atoms with Crippen molar-refractivity contribution in [3.8, 4) is 0 Å². The van der Waals surface area contributed by atoms with Crippen molar-refractivity contribution in [1.29, 1.82) is 0 Å². The highest BCUT2D eigenvalue weighted by molar-refractivity contribution is 8.15. The highest BCUT2D eigenvalue weighted by Gasteiger charge is 2.14. The van der Waals surface area contributed by atoms with E-state index in [2.05, 4.69) is 9.98 Å². The number of aliphatic carboxylic acids is 1. The average molecular weight is 295 g/mol. The lowest BCUT2D eigenvalue weighted by molar-refractivity contribution is -0.134. The Bertz CT molecular complexity index is 633. The molecule has 7 heteroatoms. The van der Waals surface area contributed by atoms with Gasteiger partial charge in [0, 0.05) is 24.9 Å². The van der Waals surface area contributed by atoms with Gasteiger partial charge in [-0.2, -0.15) is 0 Å². The maximum atomic E-state index is 9.00. The number of aliphatic imine (C=N–C) groups is 1. The second-order valence-electron chi connectivity index (χ2n) is 3.80. The number of hydrogen-bond donors (Lipinski definition) is 2. The molecule has 0 spiro atoms. The van der Waals surface area contributed by atoms with Gasteiger partial charge < -0.3 is 10.8 Å². The number of thioether (sulfide) groups is 1. The predicted molar refractivity (Wildman–Crippen MR) is 81.2 cm³/mol. The topological polar surface area (TPSA) is 88.6 Å². The summed E-state index contributed by atoms with van der Waals surface area (Å²) in [6.45, 7) is 2.00. The third kappa shape index (κ3) is 3.68. The van der Waals surface area contributed by atoms with Crippen LogP contribution in [-0.4, -0.2) is 33.4 Å². The number of benzene rings is 1. The van der Waals surface area contributed by atoms with Crippen LogP contribution in [0.3, 0.4) is 0 Å². The quantitative estimate of drug-likeness (QED) is 0.789. The average Bonchev–Trinajstić information content (AvgIpc) is 2.95. The van der Waals surface area contributed by atoms with Crippen LogP contribution in [-0.2, 0) is 4.79 Å². The Labute approximate surface area is 118 Å². The Morgan fingerprint density at radius 2 is 2.21 bits per heavy atom. The molecule has 3 rings (SSSR count). The summed E-state index contributed by atoms with van der Waals surface area (Å²) in [6, 6.07) is 5.82. The summed E-state index contributed by atoms with van der Waals surface area (Å²) < 4.78 is 1.14. The van der Waals surface area contributed by atoms with E-state index in [0.717, 1.165) is 45.2 Å². The van der Waals surface area contributed by atoms with Crippen molar-refractivity contribution in [1.82, 2.24) is 4.98 Å². The van der Waals surface area contributed by atoms with Gasteiger partial charge in [0.15, 0.2) is 0 Å². The fourth-order valence-corrected chi connectivity index (χ4v) is 3.44. The Morgan fingerprint density at radius 1 is 1.47 bits per heavy atom. The van der Waals surface area contributed by atoms with Gasteiger partial charge in [0.05, 0.1) is 10.2 Å². The van der Waals surface area contributed by atoms with E-state index >= 15 is 0 Å². The lowest BCUT2D eigenvalue weighted by Gasteiger charge is -1.89. The third-order valence-corrected chi connectivity index (χ3v) is 4.32. The standard InChI is InChI=1S/C10H9N3S2.C2H4O2/c11-6-1-2-7-8(5-6)15-10(13-7)9-12-3-4-14-9;1-2(3)4/h1-2,5H,3-4,11H2;1H3,(H,3,4). The lowest BCUT2D eigenvalue weighted by Crippen LogP contribution is -1.88. The molecule has 0 bridgehead atoms. The zero-order chi connectivity index (χ0) is 13.8. The van der Waals surface area contributed by atoms with Crippen molar-refractivity contribution < 1.29 is 9.90 Å². The molecule has 2 aromatic rings. The molecule has 0 amide bonds. The number of nitrogens with two attached hydrogens (primary N) is 1. The summed E-state index contributed by atoms with van der Waals surface area (Å²) in [6.07, 6.45) is 0. The van der Waals surface area contributed by atoms with Crippen molar-refractivity contribution in [2.75, 3.05) is 18.0 Å². The Kier molecular flexibility index (Phi) is 4.39. The van der Waals surface area contributed by atoms with E-state index in [-0.39, 0.29) is 0 Å². The molecule has 2 heterocycles. The summed E-state index contributed by atoms with van der Waals surface area (Å²) in [5.41, 5.74) is 7.53. The first kappa shape index (κ1) is 13.8. The molecule has 0 radical (unpaired) electrons. The molecule has 100 valence electrons. The summed E-state index contributed by atoms with van der Waals surface area (Å²) in [5, 5.41) is 9.52. The first-order valence-corrected chi connectivity index (χ1v) is 7.39.